The van der Waals surface area contributed by atoms with E-state index in [2.05, 4.69) is 36.1 Å². The first-order valence-corrected chi connectivity index (χ1v) is 6.73. The summed E-state index contributed by atoms with van der Waals surface area (Å²) in [7, 11) is -2.21. The fourth-order valence-corrected chi connectivity index (χ4v) is 3.26. The average Bonchev–Trinajstić information content (AvgIpc) is 2.86. The normalized spacial score (nSPS) is 11.9. The summed E-state index contributed by atoms with van der Waals surface area (Å²) in [6.45, 7) is 0.0138. The first-order chi connectivity index (χ1) is 8.00. The van der Waals surface area contributed by atoms with Gasteiger partial charge in [-0.15, -0.1) is 5.10 Å². The highest BCUT2D eigenvalue weighted by Crippen LogP contribution is 2.17. The molecule has 0 atom stereocenters. The minimum Gasteiger partial charge on any atom is -0.360 e. The zero-order valence-electron chi connectivity index (χ0n) is 8.66. The molecule has 92 valence electrons. The molecule has 0 radical (unpaired) electrons. The van der Waals surface area contributed by atoms with Crippen molar-refractivity contribution in [1.29, 1.82) is 0 Å². The van der Waals surface area contributed by atoms with Crippen LogP contribution in [0.15, 0.2) is 26.4 Å². The Bertz CT molecular complexity index is 586. The van der Waals surface area contributed by atoms with Crippen molar-refractivity contribution in [2.45, 2.75) is 11.6 Å². The van der Waals surface area contributed by atoms with Crippen molar-refractivity contribution in [2.75, 3.05) is 0 Å². The molecule has 0 bridgehead atoms. The summed E-state index contributed by atoms with van der Waals surface area (Å²) in [6, 6.07) is 1.57. The van der Waals surface area contributed by atoms with Gasteiger partial charge in [0.05, 0.1) is 12.7 Å². The van der Waals surface area contributed by atoms with Gasteiger partial charge in [0.1, 0.15) is 0 Å². The van der Waals surface area contributed by atoms with Gasteiger partial charge in [0.25, 0.3) is 10.0 Å². The van der Waals surface area contributed by atoms with Gasteiger partial charge in [0.2, 0.25) is 5.03 Å². The van der Waals surface area contributed by atoms with Gasteiger partial charge in [0.15, 0.2) is 10.4 Å². The van der Waals surface area contributed by atoms with Gasteiger partial charge >= 0.3 is 0 Å². The van der Waals surface area contributed by atoms with Crippen LogP contribution in [0.25, 0.3) is 0 Å². The van der Waals surface area contributed by atoms with E-state index in [4.69, 9.17) is 4.52 Å². The van der Waals surface area contributed by atoms with Crippen LogP contribution in [-0.4, -0.2) is 28.6 Å². The molecule has 17 heavy (non-hydrogen) atoms. The fourth-order valence-electron chi connectivity index (χ4n) is 1.18. The Morgan fingerprint density at radius 1 is 1.59 bits per heavy atom. The van der Waals surface area contributed by atoms with E-state index in [1.165, 1.54) is 13.2 Å². The van der Waals surface area contributed by atoms with E-state index in [0.29, 0.717) is 5.76 Å². The molecule has 0 spiro atoms. The van der Waals surface area contributed by atoms with Crippen LogP contribution in [0, 0.1) is 0 Å². The smallest absolute Gasteiger partial charge is 0.260 e. The van der Waals surface area contributed by atoms with E-state index in [1.54, 1.807) is 6.07 Å². The number of rotatable bonds is 4. The lowest BCUT2D eigenvalue weighted by Gasteiger charge is -2.04. The maximum Gasteiger partial charge on any atom is 0.260 e. The Labute approximate surface area is 105 Å². The molecule has 0 aliphatic carbocycles. The van der Waals surface area contributed by atoms with Crippen molar-refractivity contribution in [3.63, 3.8) is 0 Å². The van der Waals surface area contributed by atoms with Crippen LogP contribution < -0.4 is 4.72 Å². The van der Waals surface area contributed by atoms with E-state index in [0.717, 1.165) is 4.68 Å². The number of nitrogens with zero attached hydrogens (tertiary/aromatic N) is 4. The van der Waals surface area contributed by atoms with Crippen LogP contribution in [0.1, 0.15) is 5.76 Å². The molecule has 0 fully saturated rings. The quantitative estimate of drug-likeness (QED) is 0.853. The number of halogens is 1. The van der Waals surface area contributed by atoms with Crippen molar-refractivity contribution in [2.24, 2.45) is 7.05 Å². The lowest BCUT2D eigenvalue weighted by Crippen LogP contribution is -2.25. The summed E-state index contributed by atoms with van der Waals surface area (Å²) in [4.78, 5) is 0. The lowest BCUT2D eigenvalue weighted by molar-refractivity contribution is 0.380. The van der Waals surface area contributed by atoms with Gasteiger partial charge in [0, 0.05) is 13.1 Å². The van der Waals surface area contributed by atoms with Crippen molar-refractivity contribution in [1.82, 2.24) is 24.9 Å². The monoisotopic (exact) mass is 321 g/mol. The molecule has 2 aromatic heterocycles. The lowest BCUT2D eigenvalue weighted by atomic mass is 10.5. The third-order valence-corrected chi connectivity index (χ3v) is 4.21. The Hall–Kier alpha value is -1.26. The Morgan fingerprint density at radius 3 is 2.88 bits per heavy atom. The topological polar surface area (TPSA) is 103 Å². The van der Waals surface area contributed by atoms with Gasteiger partial charge < -0.3 is 4.52 Å². The van der Waals surface area contributed by atoms with Crippen LogP contribution >= 0.6 is 15.9 Å². The van der Waals surface area contributed by atoms with E-state index < -0.39 is 10.0 Å². The molecule has 1 N–H and O–H groups in total. The number of sulfonamides is 1. The molecule has 8 nitrogen and oxygen atoms in total. The van der Waals surface area contributed by atoms with Crippen molar-refractivity contribution < 1.29 is 12.9 Å². The van der Waals surface area contributed by atoms with Crippen LogP contribution in [0.3, 0.4) is 0 Å². The van der Waals surface area contributed by atoms with Crippen molar-refractivity contribution >= 4 is 26.0 Å². The summed E-state index contributed by atoms with van der Waals surface area (Å²) in [5, 5.41) is 10.6. The maximum atomic E-state index is 11.9. The third-order valence-electron chi connectivity index (χ3n) is 1.92. The second kappa shape index (κ2) is 4.55. The Balaban J connectivity index is 2.20. The van der Waals surface area contributed by atoms with E-state index in [9.17, 15) is 8.42 Å². The molecule has 0 aromatic carbocycles. The van der Waals surface area contributed by atoms with Gasteiger partial charge in [-0.05, 0) is 15.9 Å². The number of aryl methyl sites for hydroxylation is 1. The van der Waals surface area contributed by atoms with Crippen LogP contribution in [0.4, 0.5) is 0 Å². The Kier molecular flexibility index (Phi) is 3.26. The molecule has 2 aromatic rings. The van der Waals surface area contributed by atoms with Gasteiger partial charge in [-0.3, -0.25) is 0 Å². The predicted octanol–water partition coefficient (Wildman–Crippen LogP) is 0.0441. The highest BCUT2D eigenvalue weighted by atomic mass is 79.9. The maximum absolute atomic E-state index is 11.9. The molecule has 0 aliphatic rings. The summed E-state index contributed by atoms with van der Waals surface area (Å²) < 4.78 is 32.3. The third kappa shape index (κ3) is 2.53. The van der Waals surface area contributed by atoms with Crippen LogP contribution in [-0.2, 0) is 23.6 Å². The standard InChI is InChI=1S/C7H8BrN5O3S/c1-13-7(6(8)11-12-13)17(14,15)10-4-5-2-3-9-16-5/h2-3,10H,4H2,1H3. The molecule has 0 saturated carbocycles. The van der Waals surface area contributed by atoms with Gasteiger partial charge in [-0.1, -0.05) is 10.4 Å². The van der Waals surface area contributed by atoms with Gasteiger partial charge in [-0.25, -0.2) is 17.8 Å². The first-order valence-electron chi connectivity index (χ1n) is 4.45. The fraction of sp³-hybridized carbons (Fsp3) is 0.286. The second-order valence-corrected chi connectivity index (χ2v) is 5.55. The van der Waals surface area contributed by atoms with Crippen molar-refractivity contribution in [3.05, 3.63) is 22.6 Å². The zero-order valence-corrected chi connectivity index (χ0v) is 11.1. The molecule has 0 aliphatic heterocycles. The summed E-state index contributed by atoms with van der Waals surface area (Å²) in [6.07, 6.45) is 1.44. The van der Waals surface area contributed by atoms with Crippen molar-refractivity contribution in [3.8, 4) is 0 Å². The predicted molar refractivity (Wildman–Crippen MR) is 59.2 cm³/mol. The van der Waals surface area contributed by atoms with E-state index in [-0.39, 0.29) is 16.2 Å². The SMILES string of the molecule is Cn1nnc(Br)c1S(=O)(=O)NCc1ccno1. The number of aromatic nitrogens is 4. The van der Waals surface area contributed by atoms with Crippen LogP contribution in [0.5, 0.6) is 0 Å². The largest absolute Gasteiger partial charge is 0.360 e. The minimum absolute atomic E-state index is 0.0138. The second-order valence-electron chi connectivity index (χ2n) is 3.11. The average molecular weight is 322 g/mol. The minimum atomic E-state index is -3.70. The summed E-state index contributed by atoms with van der Waals surface area (Å²) >= 11 is 3.02. The van der Waals surface area contributed by atoms with Gasteiger partial charge in [-0.2, -0.15) is 0 Å². The molecular weight excluding hydrogens is 314 g/mol. The van der Waals surface area contributed by atoms with E-state index >= 15 is 0 Å². The number of nitrogens with one attached hydrogen (secondary N) is 1. The molecular formula is C7H8BrN5O3S. The number of hydrogen-bond acceptors (Lipinski definition) is 6. The first kappa shape index (κ1) is 12.2. The van der Waals surface area contributed by atoms with Crippen LogP contribution in [0.2, 0.25) is 0 Å². The number of hydrogen-bond donors (Lipinski definition) is 1. The highest BCUT2D eigenvalue weighted by molar-refractivity contribution is 9.10. The molecule has 0 saturated heterocycles. The Morgan fingerprint density at radius 2 is 2.35 bits per heavy atom. The summed E-state index contributed by atoms with van der Waals surface area (Å²) in [5.74, 6) is 0.417. The molecule has 10 heteroatoms. The molecule has 2 rings (SSSR count). The summed E-state index contributed by atoms with van der Waals surface area (Å²) in [5.41, 5.74) is 0. The van der Waals surface area contributed by atoms with E-state index in [1.807, 2.05) is 0 Å². The zero-order chi connectivity index (χ0) is 12.5. The highest BCUT2D eigenvalue weighted by Gasteiger charge is 2.23. The molecule has 2 heterocycles. The molecule has 0 amide bonds. The molecule has 0 unspecified atom stereocenters.